The molecule has 2 aromatic rings. The predicted molar refractivity (Wildman–Crippen MR) is 68.0 cm³/mol. The second kappa shape index (κ2) is 5.50. The Morgan fingerprint density at radius 2 is 2.28 bits per heavy atom. The molecule has 0 aliphatic carbocycles. The number of rotatable bonds is 4. The van der Waals surface area contributed by atoms with Gasteiger partial charge in [0.15, 0.2) is 0 Å². The average molecular weight is 269 g/mol. The summed E-state index contributed by atoms with van der Waals surface area (Å²) in [6, 6.07) is 4.12. The van der Waals surface area contributed by atoms with E-state index in [0.717, 1.165) is 13.0 Å². The van der Waals surface area contributed by atoms with Gasteiger partial charge in [0.25, 0.3) is 0 Å². The van der Waals surface area contributed by atoms with E-state index >= 15 is 0 Å². The molecule has 1 aromatic carbocycles. The molecule has 0 spiro atoms. The summed E-state index contributed by atoms with van der Waals surface area (Å²) in [5.74, 6) is -0.0593. The molecule has 1 aromatic heterocycles. The molecule has 0 aliphatic rings. The first-order chi connectivity index (χ1) is 8.63. The Morgan fingerprint density at radius 1 is 1.50 bits per heavy atom. The van der Waals surface area contributed by atoms with E-state index in [2.05, 4.69) is 4.98 Å². The molecule has 96 valence electrons. The van der Waals surface area contributed by atoms with Gasteiger partial charge in [-0.3, -0.25) is 0 Å². The van der Waals surface area contributed by atoms with Crippen LogP contribution in [0.1, 0.15) is 30.8 Å². The van der Waals surface area contributed by atoms with Crippen molar-refractivity contribution >= 4 is 11.6 Å². The first-order valence-corrected chi connectivity index (χ1v) is 6.15. The number of benzene rings is 1. The summed E-state index contributed by atoms with van der Waals surface area (Å²) in [4.78, 5) is 4.09. The molecule has 1 N–H and O–H groups in total. The number of halogens is 2. The van der Waals surface area contributed by atoms with Crippen molar-refractivity contribution in [2.24, 2.45) is 0 Å². The molecule has 2 rings (SSSR count). The number of aliphatic hydroxyl groups excluding tert-OH is 1. The third kappa shape index (κ3) is 2.54. The molecule has 1 heterocycles. The van der Waals surface area contributed by atoms with Crippen LogP contribution in [0.5, 0.6) is 0 Å². The normalized spacial score (nSPS) is 12.7. The van der Waals surface area contributed by atoms with Gasteiger partial charge < -0.3 is 9.67 Å². The Kier molecular flexibility index (Phi) is 3.99. The van der Waals surface area contributed by atoms with Gasteiger partial charge in [0, 0.05) is 29.5 Å². The van der Waals surface area contributed by atoms with Crippen molar-refractivity contribution in [2.75, 3.05) is 0 Å². The molecule has 0 bridgehead atoms. The molecule has 0 fully saturated rings. The number of aromatic nitrogens is 2. The second-order valence-corrected chi connectivity index (χ2v) is 4.48. The molecule has 3 nitrogen and oxygen atoms in total. The highest BCUT2D eigenvalue weighted by Gasteiger charge is 2.19. The van der Waals surface area contributed by atoms with Gasteiger partial charge >= 0.3 is 0 Å². The molecule has 0 radical (unpaired) electrons. The molecule has 0 amide bonds. The van der Waals surface area contributed by atoms with Crippen LogP contribution in [0.3, 0.4) is 0 Å². The van der Waals surface area contributed by atoms with Crippen molar-refractivity contribution in [3.63, 3.8) is 0 Å². The Hall–Kier alpha value is -1.39. The fraction of sp³-hybridized carbons (Fsp3) is 0.308. The van der Waals surface area contributed by atoms with Crippen LogP contribution < -0.4 is 0 Å². The first-order valence-electron chi connectivity index (χ1n) is 5.77. The summed E-state index contributed by atoms with van der Waals surface area (Å²) in [5, 5.41) is 10.6. The number of aryl methyl sites for hydroxylation is 1. The average Bonchev–Trinajstić information content (AvgIpc) is 2.80. The van der Waals surface area contributed by atoms with Crippen LogP contribution in [-0.2, 0) is 6.54 Å². The van der Waals surface area contributed by atoms with Crippen molar-refractivity contribution in [2.45, 2.75) is 26.0 Å². The maximum Gasteiger partial charge on any atom is 0.142 e. The molecule has 18 heavy (non-hydrogen) atoms. The lowest BCUT2D eigenvalue weighted by molar-refractivity contribution is 0.199. The smallest absolute Gasteiger partial charge is 0.142 e. The van der Waals surface area contributed by atoms with E-state index in [0.29, 0.717) is 10.8 Å². The van der Waals surface area contributed by atoms with E-state index in [-0.39, 0.29) is 5.56 Å². The minimum Gasteiger partial charge on any atom is -0.380 e. The van der Waals surface area contributed by atoms with Crippen molar-refractivity contribution < 1.29 is 9.50 Å². The molecule has 0 aliphatic heterocycles. The van der Waals surface area contributed by atoms with E-state index in [9.17, 15) is 9.50 Å². The van der Waals surface area contributed by atoms with Gasteiger partial charge in [-0.15, -0.1) is 0 Å². The summed E-state index contributed by atoms with van der Waals surface area (Å²) in [6.45, 7) is 2.75. The maximum absolute atomic E-state index is 13.7. The molecule has 5 heteroatoms. The monoisotopic (exact) mass is 268 g/mol. The standard InChI is InChI=1S/C13H14ClFN2O/c1-2-6-17-7-5-16-13(17)12(18)10-8-9(14)3-4-11(10)15/h3-5,7-8,12,18H,2,6H2,1H3. The fourth-order valence-corrected chi connectivity index (χ4v) is 2.04. The minimum atomic E-state index is -1.11. The van der Waals surface area contributed by atoms with Crippen molar-refractivity contribution in [3.8, 4) is 0 Å². The van der Waals surface area contributed by atoms with Gasteiger partial charge in [-0.1, -0.05) is 18.5 Å². The van der Waals surface area contributed by atoms with E-state index < -0.39 is 11.9 Å². The summed E-state index contributed by atoms with van der Waals surface area (Å²) in [5.41, 5.74) is 0.144. The van der Waals surface area contributed by atoms with Crippen molar-refractivity contribution in [3.05, 3.63) is 52.8 Å². The summed E-state index contributed by atoms with van der Waals surface area (Å²) in [7, 11) is 0. The van der Waals surface area contributed by atoms with E-state index in [1.54, 1.807) is 12.4 Å². The van der Waals surface area contributed by atoms with Gasteiger partial charge in [-0.2, -0.15) is 0 Å². The zero-order valence-corrected chi connectivity index (χ0v) is 10.7. The van der Waals surface area contributed by atoms with E-state index in [1.807, 2.05) is 11.5 Å². The van der Waals surface area contributed by atoms with Crippen molar-refractivity contribution in [1.82, 2.24) is 9.55 Å². The van der Waals surface area contributed by atoms with Crippen LogP contribution in [0.15, 0.2) is 30.6 Å². The second-order valence-electron chi connectivity index (χ2n) is 4.05. The Bertz CT molecular complexity index is 542. The zero-order valence-electron chi connectivity index (χ0n) is 9.98. The summed E-state index contributed by atoms with van der Waals surface area (Å²) < 4.78 is 15.5. The van der Waals surface area contributed by atoms with Crippen molar-refractivity contribution in [1.29, 1.82) is 0 Å². The van der Waals surface area contributed by atoms with Gasteiger partial charge in [-0.25, -0.2) is 9.37 Å². The molecule has 0 saturated heterocycles. The van der Waals surface area contributed by atoms with Gasteiger partial charge in [0.05, 0.1) is 0 Å². The number of hydrogen-bond donors (Lipinski definition) is 1. The topological polar surface area (TPSA) is 38.0 Å². The van der Waals surface area contributed by atoms with Crippen LogP contribution in [-0.4, -0.2) is 14.7 Å². The first kappa shape index (κ1) is 13.1. The van der Waals surface area contributed by atoms with Gasteiger partial charge in [0.1, 0.15) is 17.7 Å². The van der Waals surface area contributed by atoms with E-state index in [4.69, 9.17) is 11.6 Å². The minimum absolute atomic E-state index is 0.144. The molecule has 0 saturated carbocycles. The largest absolute Gasteiger partial charge is 0.380 e. The highest BCUT2D eigenvalue weighted by atomic mass is 35.5. The molecule has 1 unspecified atom stereocenters. The van der Waals surface area contributed by atoms with Crippen LogP contribution in [0.4, 0.5) is 4.39 Å². The predicted octanol–water partition coefficient (Wildman–Crippen LogP) is 3.17. The van der Waals surface area contributed by atoms with Gasteiger partial charge in [0.2, 0.25) is 0 Å². The van der Waals surface area contributed by atoms with Crippen LogP contribution in [0.2, 0.25) is 5.02 Å². The van der Waals surface area contributed by atoms with Crippen LogP contribution in [0, 0.1) is 5.82 Å². The fourth-order valence-electron chi connectivity index (χ4n) is 1.86. The molecular weight excluding hydrogens is 255 g/mol. The Labute approximate surface area is 110 Å². The van der Waals surface area contributed by atoms with Crippen LogP contribution in [0.25, 0.3) is 0 Å². The summed E-state index contributed by atoms with van der Waals surface area (Å²) >= 11 is 5.82. The maximum atomic E-state index is 13.7. The quantitative estimate of drug-likeness (QED) is 0.925. The lowest BCUT2D eigenvalue weighted by Crippen LogP contribution is -2.11. The molecule has 1 atom stereocenters. The Balaban J connectivity index is 2.38. The third-order valence-electron chi connectivity index (χ3n) is 2.71. The highest BCUT2D eigenvalue weighted by Crippen LogP contribution is 2.26. The van der Waals surface area contributed by atoms with E-state index in [1.165, 1.54) is 18.2 Å². The number of hydrogen-bond acceptors (Lipinski definition) is 2. The van der Waals surface area contributed by atoms with Crippen LogP contribution >= 0.6 is 11.6 Å². The lowest BCUT2D eigenvalue weighted by atomic mass is 10.1. The zero-order chi connectivity index (χ0) is 13.1. The highest BCUT2D eigenvalue weighted by molar-refractivity contribution is 6.30. The third-order valence-corrected chi connectivity index (χ3v) is 2.94. The number of nitrogens with zero attached hydrogens (tertiary/aromatic N) is 2. The Morgan fingerprint density at radius 3 is 3.00 bits per heavy atom. The summed E-state index contributed by atoms with van der Waals surface area (Å²) in [6.07, 6.45) is 3.17. The number of aliphatic hydroxyl groups is 1. The number of imidazole rings is 1. The molecular formula is C13H14ClFN2O. The SMILES string of the molecule is CCCn1ccnc1C(O)c1cc(Cl)ccc1F. The lowest BCUT2D eigenvalue weighted by Gasteiger charge is -2.14. The van der Waals surface area contributed by atoms with Gasteiger partial charge in [-0.05, 0) is 24.6 Å².